The number of aliphatic hydroxyl groups is 2. The second-order valence-corrected chi connectivity index (χ2v) is 24.8. The topological polar surface area (TPSA) is 520 Å². The fourth-order valence-corrected chi connectivity index (χ4v) is 11.7. The average Bonchev–Trinajstić information content (AvgIpc) is 4.09. The number of anilines is 2. The summed E-state index contributed by atoms with van der Waals surface area (Å²) in [6.07, 6.45) is -7.03. The molecule has 0 saturated carbocycles. The molecule has 3 aromatic heterocycles. The van der Waals surface area contributed by atoms with Crippen LogP contribution in [0.2, 0.25) is 0 Å². The van der Waals surface area contributed by atoms with Crippen LogP contribution in [0, 0.1) is 5.41 Å². The molecule has 78 heavy (non-hydrogen) atoms. The number of hydrogen-bond donors (Lipinski definition) is 12. The van der Waals surface area contributed by atoms with Gasteiger partial charge in [0.05, 0.1) is 19.5 Å². The Kier molecular flexibility index (Phi) is 21.5. The number of amides is 3. The summed E-state index contributed by atoms with van der Waals surface area (Å²) in [6, 6.07) is -1.33. The number of ether oxygens (including phenoxy) is 1. The highest BCUT2D eigenvalue weighted by molar-refractivity contribution is 8.13. The highest BCUT2D eigenvalue weighted by Gasteiger charge is 2.50. The maximum atomic E-state index is 13.4. The number of fused-ring (bicyclic) bond motifs is 1. The number of hydrogen-bond acceptors (Lipinski definition) is 28. The van der Waals surface area contributed by atoms with Crippen molar-refractivity contribution in [2.24, 2.45) is 15.6 Å². The smallest absolute Gasteiger partial charge is 0.477 e. The minimum Gasteiger partial charge on any atom is -0.477 e. The normalized spacial score (nSPS) is 21.6. The van der Waals surface area contributed by atoms with E-state index in [9.17, 15) is 77.4 Å². The van der Waals surface area contributed by atoms with Gasteiger partial charge >= 0.3 is 29.4 Å². The lowest BCUT2D eigenvalue weighted by Gasteiger charge is -2.30. The van der Waals surface area contributed by atoms with E-state index in [4.69, 9.17) is 30.1 Å². The number of carbonyl (C=O) groups is 6. The highest BCUT2D eigenvalue weighted by atomic mass is 32.2. The zero-order valence-corrected chi connectivity index (χ0v) is 46.2. The monoisotopic (exact) mass is 1220 g/mol. The molecule has 0 aromatic carbocycles. The van der Waals surface area contributed by atoms with Gasteiger partial charge in [-0.15, -0.1) is 23.1 Å². The number of nitrogen functional groups attached to an aromatic ring is 2. The number of thiazole rings is 1. The standard InChI is InChI=1S/C38H53N12O22P3S3/c1-17-12-77-32(48-22(17)34(57)58)18(10-51)46-30(55)23(19-13-78-36(40)47-19)49-71-38(4,5)35(59)76-9-8-41-21(52)6-7-42-31(56)27(54)37(2,3)14-68-75(65,66)72-74(63,64)67-11-20-26(70-73(60,61)62)25(53)33(69-20)50-16-45-24-28(39)43-15-44-29(24)50/h10,13,15-16,18,20,25-27,32-33,53-54H,1,6-9,11-12,14H2,2-5H3,(H2,40,47)(H,41,52)(H,42,56)(H,46,55)(H,57,58)(H,63,64)(H,65,66)(H2,39,43,44)(H2,60,61,62)/b49-23+. The summed E-state index contributed by atoms with van der Waals surface area (Å²) in [5, 5.41) is 42.0. The van der Waals surface area contributed by atoms with Gasteiger partial charge in [-0.05, 0) is 19.4 Å². The summed E-state index contributed by atoms with van der Waals surface area (Å²) in [5.41, 5.74) is 7.51. The number of imidazole rings is 1. The molecule has 3 aromatic rings. The molecule has 5 heterocycles. The second-order valence-electron chi connectivity index (χ2n) is 17.5. The predicted octanol–water partition coefficient (Wildman–Crippen LogP) is -1.26. The fraction of sp³-hybridized carbons (Fsp3) is 0.526. The van der Waals surface area contributed by atoms with Gasteiger partial charge in [0.2, 0.25) is 16.9 Å². The van der Waals surface area contributed by atoms with Gasteiger partial charge in [0.1, 0.15) is 65.4 Å². The van der Waals surface area contributed by atoms with Crippen LogP contribution >= 0.6 is 58.3 Å². The largest absolute Gasteiger partial charge is 0.481 e. The summed E-state index contributed by atoms with van der Waals surface area (Å²) in [4.78, 5) is 140. The number of aliphatic imine (C=N–C) groups is 1. The number of aliphatic carboxylic acids is 1. The van der Waals surface area contributed by atoms with Crippen molar-refractivity contribution >= 4 is 127 Å². The molecule has 0 radical (unpaired) electrons. The Bertz CT molecular complexity index is 2970. The van der Waals surface area contributed by atoms with Crippen molar-refractivity contribution < 1.29 is 105 Å². The summed E-state index contributed by atoms with van der Waals surface area (Å²) in [7, 11) is -16.6. The van der Waals surface area contributed by atoms with Crippen molar-refractivity contribution in [3.05, 3.63) is 35.9 Å². The Morgan fingerprint density at radius 3 is 2.38 bits per heavy atom. The first-order chi connectivity index (χ1) is 36.2. The first-order valence-corrected chi connectivity index (χ1v) is 29.6. The zero-order valence-electron chi connectivity index (χ0n) is 41.1. The molecule has 14 N–H and O–H groups in total. The van der Waals surface area contributed by atoms with E-state index < -0.39 is 124 Å². The summed E-state index contributed by atoms with van der Waals surface area (Å²) >= 11 is 2.74. The van der Waals surface area contributed by atoms with E-state index in [1.165, 1.54) is 33.1 Å². The molecule has 9 unspecified atom stereocenters. The number of nitrogens with two attached hydrogens (primary N) is 2. The molecule has 430 valence electrons. The van der Waals surface area contributed by atoms with Crippen LogP contribution in [0.4, 0.5) is 10.9 Å². The summed E-state index contributed by atoms with van der Waals surface area (Å²) in [5.74, 6) is -3.97. The third-order valence-electron chi connectivity index (χ3n) is 10.5. The van der Waals surface area contributed by atoms with Gasteiger partial charge in [-0.2, -0.15) is 4.31 Å². The van der Waals surface area contributed by atoms with Gasteiger partial charge < -0.3 is 76.7 Å². The first-order valence-electron chi connectivity index (χ1n) is 22.2. The molecule has 1 saturated heterocycles. The Hall–Kier alpha value is -5.17. The number of nitrogens with zero attached hydrogens (tertiary/aromatic N) is 7. The van der Waals surface area contributed by atoms with E-state index in [1.807, 2.05) is 0 Å². The van der Waals surface area contributed by atoms with E-state index >= 15 is 0 Å². The van der Waals surface area contributed by atoms with E-state index in [2.05, 4.69) is 61.4 Å². The molecule has 0 bridgehead atoms. The lowest BCUT2D eigenvalue weighted by molar-refractivity contribution is -0.137. The number of aldehydes is 1. The molecule has 2 aliphatic rings. The van der Waals surface area contributed by atoms with Gasteiger partial charge in [-0.3, -0.25) is 42.3 Å². The number of aliphatic hydroxyl groups excluding tert-OH is 2. The molecule has 34 nitrogen and oxygen atoms in total. The lowest BCUT2D eigenvalue weighted by atomic mass is 9.87. The SMILES string of the molecule is C=C1CSC(C(C=O)NC(=O)/C(=N/OC(C)(C)C(=O)SCCNC(=O)CCNC(=O)C(O)C(C)(C)COP(=O)(O)OP(=O)(O)OCC2OC(n3cnc4c(N)ncnc43)C(O)C2OP(=O)(O)O)c2csc(N)n2)N=C1C(=O)O. The Labute approximate surface area is 453 Å². The van der Waals surface area contributed by atoms with Crippen LogP contribution in [0.15, 0.2) is 40.3 Å². The fourth-order valence-electron chi connectivity index (χ4n) is 6.54. The number of nitrogens with one attached hydrogen (secondary N) is 3. The van der Waals surface area contributed by atoms with Gasteiger partial charge in [0, 0.05) is 41.8 Å². The zero-order chi connectivity index (χ0) is 58.1. The number of carboxylic acid groups (broad SMARTS) is 1. The molecular formula is C38H53N12O22P3S3. The van der Waals surface area contributed by atoms with Crippen molar-refractivity contribution in [1.29, 1.82) is 0 Å². The Balaban J connectivity index is 1.04. The molecule has 1 fully saturated rings. The van der Waals surface area contributed by atoms with Crippen molar-refractivity contribution in [3.8, 4) is 0 Å². The maximum Gasteiger partial charge on any atom is 0.481 e. The number of rotatable bonds is 28. The van der Waals surface area contributed by atoms with Crippen LogP contribution in [0.5, 0.6) is 0 Å². The molecule has 40 heteroatoms. The molecular weight excluding hydrogens is 1170 g/mol. The van der Waals surface area contributed by atoms with Crippen LogP contribution in [0.3, 0.4) is 0 Å². The van der Waals surface area contributed by atoms with Crippen molar-refractivity contribution in [2.45, 2.75) is 81.8 Å². The Morgan fingerprint density at radius 1 is 1.05 bits per heavy atom. The first kappa shape index (κ1) is 63.7. The number of thioether (sulfide) groups is 2. The number of carbonyl (C=O) groups excluding carboxylic acids is 5. The van der Waals surface area contributed by atoms with Crippen molar-refractivity contribution in [3.63, 3.8) is 0 Å². The van der Waals surface area contributed by atoms with Crippen molar-refractivity contribution in [2.75, 3.05) is 49.3 Å². The van der Waals surface area contributed by atoms with Crippen LogP contribution in [0.1, 0.15) is 46.0 Å². The maximum absolute atomic E-state index is 13.4. The minimum absolute atomic E-state index is 0.00123. The summed E-state index contributed by atoms with van der Waals surface area (Å²) in [6.45, 7) is 6.18. The number of oxime groups is 1. The molecule has 0 aliphatic carbocycles. The summed E-state index contributed by atoms with van der Waals surface area (Å²) < 4.78 is 62.5. The third kappa shape index (κ3) is 17.4. The van der Waals surface area contributed by atoms with E-state index in [1.54, 1.807) is 0 Å². The number of carboxylic acids is 1. The molecule has 0 spiro atoms. The number of aromatic nitrogens is 5. The van der Waals surface area contributed by atoms with Crippen LogP contribution in [-0.4, -0.2) is 185 Å². The molecule has 9 atom stereocenters. The lowest BCUT2D eigenvalue weighted by Crippen LogP contribution is -2.47. The van der Waals surface area contributed by atoms with E-state index in [0.29, 0.717) is 6.29 Å². The Morgan fingerprint density at radius 2 is 1.74 bits per heavy atom. The van der Waals surface area contributed by atoms with Gasteiger partial charge in [-0.25, -0.2) is 38.4 Å². The number of phosphoric ester groups is 3. The van der Waals surface area contributed by atoms with Gasteiger partial charge in [-0.1, -0.05) is 37.3 Å². The van der Waals surface area contributed by atoms with E-state index in [0.717, 1.165) is 52.1 Å². The average molecular weight is 1220 g/mol. The van der Waals surface area contributed by atoms with Gasteiger partial charge in [0.25, 0.3) is 5.91 Å². The molecule has 5 rings (SSSR count). The number of phosphoric acid groups is 3. The van der Waals surface area contributed by atoms with E-state index in [-0.39, 0.29) is 70.1 Å². The van der Waals surface area contributed by atoms with Crippen LogP contribution < -0.4 is 27.4 Å². The minimum atomic E-state index is -5.65. The van der Waals surface area contributed by atoms with Gasteiger partial charge in [0.15, 0.2) is 34.1 Å². The predicted molar refractivity (Wildman–Crippen MR) is 274 cm³/mol. The van der Waals surface area contributed by atoms with Crippen LogP contribution in [-0.2, 0) is 69.9 Å². The molecule has 2 aliphatic heterocycles. The quantitative estimate of drug-likeness (QED) is 0.0133. The second kappa shape index (κ2) is 26.4. The third-order valence-corrected chi connectivity index (χ3v) is 16.7. The van der Waals surface area contributed by atoms with Crippen LogP contribution in [0.25, 0.3) is 11.2 Å². The molecule has 3 amide bonds. The van der Waals surface area contributed by atoms with Crippen molar-refractivity contribution in [1.82, 2.24) is 40.5 Å². The highest BCUT2D eigenvalue weighted by Crippen LogP contribution is 2.61.